The van der Waals surface area contributed by atoms with Gasteiger partial charge < -0.3 is 4.90 Å². The third-order valence-corrected chi connectivity index (χ3v) is 2.60. The first-order valence-corrected chi connectivity index (χ1v) is 5.57. The minimum Gasteiger partial charge on any atom is -0.372 e. The molecule has 14 heavy (non-hydrogen) atoms. The Kier molecular flexibility index (Phi) is 4.51. The minimum atomic E-state index is 0.564. The van der Waals surface area contributed by atoms with E-state index >= 15 is 0 Å². The Labute approximate surface area is 87.8 Å². The van der Waals surface area contributed by atoms with Crippen LogP contribution in [-0.2, 0) is 0 Å². The highest BCUT2D eigenvalue weighted by Gasteiger charge is 2.02. The maximum atomic E-state index is 2.39. The first kappa shape index (κ1) is 11.1. The predicted molar refractivity (Wildman–Crippen MR) is 63.1 cm³/mol. The molecule has 1 unspecified atom stereocenters. The van der Waals surface area contributed by atoms with Crippen molar-refractivity contribution < 1.29 is 0 Å². The van der Waals surface area contributed by atoms with Crippen molar-refractivity contribution in [2.24, 2.45) is 5.92 Å². The second kappa shape index (κ2) is 5.69. The van der Waals surface area contributed by atoms with Gasteiger partial charge in [-0.15, -0.1) is 0 Å². The van der Waals surface area contributed by atoms with Crippen molar-refractivity contribution in [1.29, 1.82) is 0 Å². The zero-order valence-electron chi connectivity index (χ0n) is 9.53. The molecule has 78 valence electrons. The van der Waals surface area contributed by atoms with Crippen LogP contribution in [0.25, 0.3) is 0 Å². The Morgan fingerprint density at radius 1 is 1.29 bits per heavy atom. The predicted octanol–water partition coefficient (Wildman–Crippen LogP) is 3.36. The lowest BCUT2D eigenvalue weighted by molar-refractivity contribution is 0.393. The van der Waals surface area contributed by atoms with Crippen LogP contribution in [0.3, 0.4) is 0 Å². The first-order chi connectivity index (χ1) is 6.77. The summed E-state index contributed by atoms with van der Waals surface area (Å²) < 4.78 is 0. The number of allylic oxidation sites excluding steroid dienone is 5. The van der Waals surface area contributed by atoms with Crippen molar-refractivity contribution in [2.45, 2.75) is 27.2 Å². The van der Waals surface area contributed by atoms with Gasteiger partial charge in [0.05, 0.1) is 0 Å². The standard InChI is InChI=1S/C13H21N/c1-4-14(5-2)13-9-7-6-8-12(3)10-11-13/h6,8-12H,4-5,7H2,1-3H3/b8-6?,11-10-,13-9+. The Morgan fingerprint density at radius 2 is 2.00 bits per heavy atom. The molecule has 0 aliphatic heterocycles. The molecular formula is C13H21N. The molecule has 0 saturated carbocycles. The van der Waals surface area contributed by atoms with Crippen LogP contribution in [0.1, 0.15) is 27.2 Å². The van der Waals surface area contributed by atoms with Gasteiger partial charge in [-0.3, -0.25) is 0 Å². The van der Waals surface area contributed by atoms with Crippen molar-refractivity contribution in [2.75, 3.05) is 13.1 Å². The molecule has 0 saturated heterocycles. The lowest BCUT2D eigenvalue weighted by Gasteiger charge is -2.23. The van der Waals surface area contributed by atoms with Gasteiger partial charge in [-0.05, 0) is 32.3 Å². The summed E-state index contributed by atoms with van der Waals surface area (Å²) in [6.07, 6.45) is 12.4. The molecule has 0 radical (unpaired) electrons. The summed E-state index contributed by atoms with van der Waals surface area (Å²) in [5, 5.41) is 0. The summed E-state index contributed by atoms with van der Waals surface area (Å²) >= 11 is 0. The fourth-order valence-corrected chi connectivity index (χ4v) is 1.69. The van der Waals surface area contributed by atoms with Crippen molar-refractivity contribution in [3.05, 3.63) is 36.1 Å². The maximum absolute atomic E-state index is 2.39. The van der Waals surface area contributed by atoms with Crippen molar-refractivity contribution in [3.63, 3.8) is 0 Å². The van der Waals surface area contributed by atoms with E-state index in [1.54, 1.807) is 0 Å². The van der Waals surface area contributed by atoms with Crippen LogP contribution in [0.5, 0.6) is 0 Å². The van der Waals surface area contributed by atoms with E-state index in [4.69, 9.17) is 0 Å². The van der Waals surface area contributed by atoms with E-state index in [9.17, 15) is 0 Å². The average Bonchev–Trinajstić information content (AvgIpc) is 2.17. The third-order valence-electron chi connectivity index (χ3n) is 2.60. The average molecular weight is 191 g/mol. The SMILES string of the molecule is CCN(CC)C1=C/CC=CC(C)/C=C\1. The molecule has 0 aromatic rings. The van der Waals surface area contributed by atoms with Crippen LogP contribution in [0.2, 0.25) is 0 Å². The third kappa shape index (κ3) is 3.06. The second-order valence-electron chi connectivity index (χ2n) is 3.68. The number of nitrogens with zero attached hydrogens (tertiary/aromatic N) is 1. The van der Waals surface area contributed by atoms with Gasteiger partial charge in [-0.25, -0.2) is 0 Å². The summed E-state index contributed by atoms with van der Waals surface area (Å²) in [6.45, 7) is 8.81. The quantitative estimate of drug-likeness (QED) is 0.618. The summed E-state index contributed by atoms with van der Waals surface area (Å²) in [5.74, 6) is 0.564. The summed E-state index contributed by atoms with van der Waals surface area (Å²) in [7, 11) is 0. The van der Waals surface area contributed by atoms with E-state index in [-0.39, 0.29) is 0 Å². The zero-order valence-corrected chi connectivity index (χ0v) is 9.53. The topological polar surface area (TPSA) is 3.24 Å². The number of rotatable bonds is 3. The molecular weight excluding hydrogens is 170 g/mol. The second-order valence-corrected chi connectivity index (χ2v) is 3.68. The van der Waals surface area contributed by atoms with E-state index in [1.807, 2.05) is 0 Å². The van der Waals surface area contributed by atoms with Crippen LogP contribution in [0.15, 0.2) is 36.1 Å². The molecule has 1 aliphatic rings. The summed E-state index contributed by atoms with van der Waals surface area (Å²) in [6, 6.07) is 0. The maximum Gasteiger partial charge on any atom is 0.0325 e. The summed E-state index contributed by atoms with van der Waals surface area (Å²) in [4.78, 5) is 2.39. The smallest absolute Gasteiger partial charge is 0.0325 e. The summed E-state index contributed by atoms with van der Waals surface area (Å²) in [5.41, 5.74) is 1.37. The van der Waals surface area contributed by atoms with Gasteiger partial charge in [0.25, 0.3) is 0 Å². The highest BCUT2D eigenvalue weighted by atomic mass is 15.1. The molecule has 1 atom stereocenters. The van der Waals surface area contributed by atoms with Crippen molar-refractivity contribution in [1.82, 2.24) is 4.90 Å². The highest BCUT2D eigenvalue weighted by Crippen LogP contribution is 2.13. The first-order valence-electron chi connectivity index (χ1n) is 5.57. The Bertz CT molecular complexity index is 244. The van der Waals surface area contributed by atoms with E-state index in [2.05, 4.69) is 56.1 Å². The van der Waals surface area contributed by atoms with Gasteiger partial charge >= 0.3 is 0 Å². The van der Waals surface area contributed by atoms with Crippen LogP contribution in [0, 0.1) is 5.92 Å². The monoisotopic (exact) mass is 191 g/mol. The molecule has 0 bridgehead atoms. The normalized spacial score (nSPS) is 27.4. The van der Waals surface area contributed by atoms with Gasteiger partial charge in [0, 0.05) is 18.8 Å². The zero-order chi connectivity index (χ0) is 10.4. The molecule has 0 aromatic heterocycles. The molecule has 1 rings (SSSR count). The molecule has 0 N–H and O–H groups in total. The molecule has 0 amide bonds. The number of hydrogen-bond acceptors (Lipinski definition) is 1. The fourth-order valence-electron chi connectivity index (χ4n) is 1.69. The van der Waals surface area contributed by atoms with Crippen LogP contribution >= 0.6 is 0 Å². The molecule has 1 nitrogen and oxygen atoms in total. The molecule has 1 heteroatoms. The van der Waals surface area contributed by atoms with E-state index in [0.717, 1.165) is 19.5 Å². The molecule has 0 aromatic carbocycles. The minimum absolute atomic E-state index is 0.564. The Hall–Kier alpha value is -0.980. The lowest BCUT2D eigenvalue weighted by Crippen LogP contribution is -2.21. The lowest BCUT2D eigenvalue weighted by atomic mass is 10.1. The highest BCUT2D eigenvalue weighted by molar-refractivity contribution is 5.22. The van der Waals surface area contributed by atoms with Gasteiger partial charge in [0.2, 0.25) is 0 Å². The Balaban J connectivity index is 2.76. The van der Waals surface area contributed by atoms with Crippen LogP contribution in [0.4, 0.5) is 0 Å². The Morgan fingerprint density at radius 3 is 2.64 bits per heavy atom. The molecule has 0 fully saturated rings. The molecule has 0 heterocycles. The van der Waals surface area contributed by atoms with E-state index < -0.39 is 0 Å². The fraction of sp³-hybridized carbons (Fsp3) is 0.538. The van der Waals surface area contributed by atoms with Gasteiger partial charge in [-0.2, -0.15) is 0 Å². The van der Waals surface area contributed by atoms with E-state index in [1.165, 1.54) is 5.70 Å². The van der Waals surface area contributed by atoms with Gasteiger partial charge in [-0.1, -0.05) is 31.2 Å². The van der Waals surface area contributed by atoms with Gasteiger partial charge in [0.1, 0.15) is 0 Å². The number of hydrogen-bond donors (Lipinski definition) is 0. The van der Waals surface area contributed by atoms with Gasteiger partial charge in [0.15, 0.2) is 0 Å². The molecule has 0 spiro atoms. The van der Waals surface area contributed by atoms with Crippen LogP contribution < -0.4 is 0 Å². The number of likely N-dealkylation sites (N-methyl/N-ethyl adjacent to an activating group) is 1. The van der Waals surface area contributed by atoms with E-state index in [0.29, 0.717) is 5.92 Å². The van der Waals surface area contributed by atoms with Crippen molar-refractivity contribution in [3.8, 4) is 0 Å². The van der Waals surface area contributed by atoms with Crippen molar-refractivity contribution >= 4 is 0 Å². The molecule has 1 aliphatic carbocycles. The van der Waals surface area contributed by atoms with Crippen LogP contribution in [-0.4, -0.2) is 18.0 Å². The largest absolute Gasteiger partial charge is 0.372 e.